The molecule has 1 aliphatic carbocycles. The van der Waals surface area contributed by atoms with Crippen molar-refractivity contribution in [2.24, 2.45) is 10.8 Å². The van der Waals surface area contributed by atoms with Gasteiger partial charge < -0.3 is 15.3 Å². The zero-order chi connectivity index (χ0) is 18.0. The van der Waals surface area contributed by atoms with E-state index in [1.165, 1.54) is 19.3 Å². The first-order chi connectivity index (χ1) is 9.94. The van der Waals surface area contributed by atoms with E-state index >= 15 is 0 Å². The second kappa shape index (κ2) is 16.1. The molecule has 24 heavy (non-hydrogen) atoms. The van der Waals surface area contributed by atoms with Gasteiger partial charge in [-0.3, -0.25) is 0 Å². The molecule has 0 radical (unpaired) electrons. The summed E-state index contributed by atoms with van der Waals surface area (Å²) in [5.74, 6) is 0. The normalized spacial score (nSPS) is 17.5. The van der Waals surface area contributed by atoms with E-state index < -0.39 is 12.2 Å². The summed E-state index contributed by atoms with van der Waals surface area (Å²) in [6.07, 6.45) is 5.49. The van der Waals surface area contributed by atoms with Crippen molar-refractivity contribution in [2.45, 2.75) is 98.4 Å². The van der Waals surface area contributed by atoms with Gasteiger partial charge in [0.25, 0.3) is 0 Å². The van der Waals surface area contributed by atoms with Gasteiger partial charge in [-0.25, -0.2) is 0 Å². The maximum absolute atomic E-state index is 9.76. The van der Waals surface area contributed by atoms with Crippen LogP contribution in [0.2, 0.25) is 0 Å². The number of aliphatic hydroxyl groups excluding tert-OH is 3. The molecule has 7 heteroatoms. The summed E-state index contributed by atoms with van der Waals surface area (Å²) in [6, 6.07) is 0. The van der Waals surface area contributed by atoms with Gasteiger partial charge in [0.1, 0.15) is 0 Å². The third-order valence-electron chi connectivity index (χ3n) is 4.02. The molecule has 0 heterocycles. The zero-order valence-corrected chi connectivity index (χ0v) is 20.5. The average molecular weight is 561 g/mol. The molecule has 1 fully saturated rings. The average Bonchev–Trinajstić information content (AvgIpc) is 2.40. The topological polar surface area (TPSA) is 77.8 Å². The number of rotatable bonds is 2. The SMILES string of the molecule is CC(C)(C)C(O)CC(O)C(C)(C)C.Cl.Cl.OC1CCCCC1.[O]=[W]. The van der Waals surface area contributed by atoms with Gasteiger partial charge in [-0.1, -0.05) is 60.8 Å². The summed E-state index contributed by atoms with van der Waals surface area (Å²) < 4.78 is 8.33. The molecular weight excluding hydrogens is 523 g/mol. The standard InChI is InChI=1S/C11H24O2.C6H12O.2ClH.O.W/c1-10(2,3)8(12)7-9(13)11(4,5)6;7-6-4-2-1-3-5-6;;;;/h8-9,12-13H,7H2,1-6H3;6-7H,1-5H2;2*1H;;. The van der Waals surface area contributed by atoms with Gasteiger partial charge in [0.15, 0.2) is 0 Å². The molecule has 0 amide bonds. The van der Waals surface area contributed by atoms with Crippen LogP contribution in [0, 0.1) is 10.8 Å². The van der Waals surface area contributed by atoms with Crippen molar-refractivity contribution in [1.29, 1.82) is 0 Å². The molecule has 0 aliphatic heterocycles. The molecule has 3 N–H and O–H groups in total. The minimum atomic E-state index is -0.443. The van der Waals surface area contributed by atoms with E-state index in [1.807, 2.05) is 41.5 Å². The molecule has 150 valence electrons. The fourth-order valence-corrected chi connectivity index (χ4v) is 2.00. The van der Waals surface area contributed by atoms with Crippen LogP contribution in [0.4, 0.5) is 0 Å². The van der Waals surface area contributed by atoms with Crippen LogP contribution in [0.1, 0.15) is 80.1 Å². The van der Waals surface area contributed by atoms with E-state index in [0.717, 1.165) is 12.8 Å². The number of hydrogen-bond donors (Lipinski definition) is 3. The molecule has 0 spiro atoms. The van der Waals surface area contributed by atoms with Crippen LogP contribution in [0.25, 0.3) is 0 Å². The monoisotopic (exact) mass is 560 g/mol. The van der Waals surface area contributed by atoms with Crippen molar-refractivity contribution in [3.8, 4) is 0 Å². The first kappa shape index (κ1) is 32.6. The van der Waals surface area contributed by atoms with Crippen LogP contribution in [0.15, 0.2) is 0 Å². The predicted molar refractivity (Wildman–Crippen MR) is 99.8 cm³/mol. The van der Waals surface area contributed by atoms with E-state index in [1.54, 1.807) is 0 Å². The molecule has 0 bridgehead atoms. The van der Waals surface area contributed by atoms with Crippen LogP contribution < -0.4 is 0 Å². The molecule has 4 nitrogen and oxygen atoms in total. The Labute approximate surface area is 172 Å². The van der Waals surface area contributed by atoms with Crippen molar-refractivity contribution < 1.29 is 38.5 Å². The van der Waals surface area contributed by atoms with Crippen LogP contribution >= 0.6 is 24.8 Å². The van der Waals surface area contributed by atoms with Crippen molar-refractivity contribution in [3.05, 3.63) is 0 Å². The van der Waals surface area contributed by atoms with Gasteiger partial charge in [0.2, 0.25) is 0 Å². The first-order valence-corrected chi connectivity index (χ1v) is 9.35. The molecule has 2 atom stereocenters. The molecule has 1 aliphatic rings. The fraction of sp³-hybridized carbons (Fsp3) is 1.00. The van der Waals surface area contributed by atoms with E-state index in [4.69, 9.17) is 8.50 Å². The Bertz CT molecular complexity index is 257. The Balaban J connectivity index is -0.000000155. The molecule has 2 unspecified atom stereocenters. The Hall–Kier alpha value is 0.948. The van der Waals surface area contributed by atoms with Crippen molar-refractivity contribution in [1.82, 2.24) is 0 Å². The summed E-state index contributed by atoms with van der Waals surface area (Å²) in [5, 5.41) is 28.4. The number of hydrogen-bond acceptors (Lipinski definition) is 4. The fourth-order valence-electron chi connectivity index (χ4n) is 2.00. The summed E-state index contributed by atoms with van der Waals surface area (Å²) in [4.78, 5) is 0. The zero-order valence-electron chi connectivity index (χ0n) is 15.9. The molecule has 0 aromatic rings. The van der Waals surface area contributed by atoms with Crippen molar-refractivity contribution in [3.63, 3.8) is 0 Å². The van der Waals surface area contributed by atoms with Crippen LogP contribution in [0.3, 0.4) is 0 Å². The summed E-state index contributed by atoms with van der Waals surface area (Å²) in [5.41, 5.74) is -0.293. The summed E-state index contributed by atoms with van der Waals surface area (Å²) in [7, 11) is 0. The maximum atomic E-state index is 9.76. The Morgan fingerprint density at radius 3 is 1.29 bits per heavy atom. The third-order valence-corrected chi connectivity index (χ3v) is 4.02. The molecule has 1 rings (SSSR count). The van der Waals surface area contributed by atoms with Crippen LogP contribution in [-0.2, 0) is 23.2 Å². The first-order valence-electron chi connectivity index (χ1n) is 8.15. The van der Waals surface area contributed by atoms with Crippen LogP contribution in [0.5, 0.6) is 0 Å². The van der Waals surface area contributed by atoms with Gasteiger partial charge in [0, 0.05) is 6.42 Å². The second-order valence-corrected chi connectivity index (χ2v) is 8.29. The molecule has 0 aromatic heterocycles. The third kappa shape index (κ3) is 17.8. The Morgan fingerprint density at radius 2 is 1.12 bits per heavy atom. The molecule has 1 saturated carbocycles. The number of aliphatic hydroxyl groups is 3. The Morgan fingerprint density at radius 1 is 0.833 bits per heavy atom. The van der Waals surface area contributed by atoms with Crippen LogP contribution in [-0.4, -0.2) is 33.6 Å². The van der Waals surface area contributed by atoms with Gasteiger partial charge in [0.05, 0.1) is 18.3 Å². The predicted octanol–water partition coefficient (Wildman–Crippen LogP) is 4.22. The van der Waals surface area contributed by atoms with E-state index in [-0.39, 0.29) is 41.7 Å². The quantitative estimate of drug-likeness (QED) is 0.472. The molecule has 0 aromatic carbocycles. The van der Waals surface area contributed by atoms with E-state index in [9.17, 15) is 10.2 Å². The van der Waals surface area contributed by atoms with Crippen molar-refractivity contribution in [2.75, 3.05) is 0 Å². The Kier molecular flexibility index (Phi) is 21.9. The van der Waals surface area contributed by atoms with Gasteiger partial charge in [-0.15, -0.1) is 24.8 Å². The van der Waals surface area contributed by atoms with Gasteiger partial charge >= 0.3 is 23.2 Å². The summed E-state index contributed by atoms with van der Waals surface area (Å²) in [6.45, 7) is 11.9. The van der Waals surface area contributed by atoms with Gasteiger partial charge in [-0.2, -0.15) is 0 Å². The molecule has 0 saturated heterocycles. The minimum absolute atomic E-state index is 0. The molecular formula is C17H38Cl2O4W. The van der Waals surface area contributed by atoms with Crippen molar-refractivity contribution >= 4 is 24.8 Å². The van der Waals surface area contributed by atoms with Gasteiger partial charge in [-0.05, 0) is 23.7 Å². The van der Waals surface area contributed by atoms with E-state index in [2.05, 4.69) is 0 Å². The summed E-state index contributed by atoms with van der Waals surface area (Å²) >= 11 is 0.333. The second-order valence-electron chi connectivity index (χ2n) is 8.29. The number of halogens is 2. The van der Waals surface area contributed by atoms with E-state index in [0.29, 0.717) is 26.2 Å².